The number of nitrogens with zero attached hydrogens (tertiary/aromatic N) is 1. The number of rotatable bonds is 5. The van der Waals surface area contributed by atoms with Crippen molar-refractivity contribution in [2.24, 2.45) is 0 Å². The standard InChI is InChI=1S/C15H19BrFNO2/c16-6-9-20-14-4-7-18(8-5-14)15(19)11-12-2-1-3-13(17)10-12/h1-3,10,14H,4-9,11H2. The summed E-state index contributed by atoms with van der Waals surface area (Å²) >= 11 is 3.33. The van der Waals surface area contributed by atoms with E-state index in [4.69, 9.17) is 4.74 Å². The molecule has 5 heteroatoms. The van der Waals surface area contributed by atoms with E-state index < -0.39 is 0 Å². The van der Waals surface area contributed by atoms with Gasteiger partial charge in [-0.3, -0.25) is 4.79 Å². The lowest BCUT2D eigenvalue weighted by Crippen LogP contribution is -2.41. The SMILES string of the molecule is O=C(Cc1cccc(F)c1)N1CCC(OCCBr)CC1. The molecule has 0 atom stereocenters. The predicted molar refractivity (Wildman–Crippen MR) is 79.5 cm³/mol. The molecule has 3 nitrogen and oxygen atoms in total. The molecule has 0 bridgehead atoms. The summed E-state index contributed by atoms with van der Waals surface area (Å²) < 4.78 is 18.7. The van der Waals surface area contributed by atoms with Crippen LogP contribution in [0.3, 0.4) is 0 Å². The number of likely N-dealkylation sites (tertiary alicyclic amines) is 1. The molecule has 1 aliphatic heterocycles. The summed E-state index contributed by atoms with van der Waals surface area (Å²) in [6, 6.07) is 6.23. The molecule has 1 aromatic carbocycles. The van der Waals surface area contributed by atoms with Crippen LogP contribution in [-0.2, 0) is 16.0 Å². The zero-order chi connectivity index (χ0) is 14.4. The molecule has 1 saturated heterocycles. The van der Waals surface area contributed by atoms with Gasteiger partial charge in [0.2, 0.25) is 5.91 Å². The molecule has 20 heavy (non-hydrogen) atoms. The van der Waals surface area contributed by atoms with Gasteiger partial charge in [-0.2, -0.15) is 0 Å². The van der Waals surface area contributed by atoms with Crippen LogP contribution in [0.25, 0.3) is 0 Å². The van der Waals surface area contributed by atoms with E-state index in [9.17, 15) is 9.18 Å². The van der Waals surface area contributed by atoms with E-state index in [2.05, 4.69) is 15.9 Å². The van der Waals surface area contributed by atoms with Crippen LogP contribution in [-0.4, -0.2) is 41.9 Å². The van der Waals surface area contributed by atoms with Gasteiger partial charge in [0.1, 0.15) is 5.82 Å². The number of alkyl halides is 1. The smallest absolute Gasteiger partial charge is 0.226 e. The number of piperidine rings is 1. The Bertz CT molecular complexity index is 447. The number of amides is 1. The third kappa shape index (κ3) is 4.56. The van der Waals surface area contributed by atoms with E-state index in [1.807, 2.05) is 4.90 Å². The Kier molecular flexibility index (Phi) is 5.98. The molecule has 0 radical (unpaired) electrons. The predicted octanol–water partition coefficient (Wildman–Crippen LogP) is 2.77. The molecule has 1 heterocycles. The Morgan fingerprint density at radius 1 is 1.40 bits per heavy atom. The van der Waals surface area contributed by atoms with Crippen molar-refractivity contribution in [3.05, 3.63) is 35.6 Å². The van der Waals surface area contributed by atoms with Gasteiger partial charge in [0.15, 0.2) is 0 Å². The van der Waals surface area contributed by atoms with Crippen LogP contribution < -0.4 is 0 Å². The summed E-state index contributed by atoms with van der Waals surface area (Å²) in [4.78, 5) is 14.0. The zero-order valence-electron chi connectivity index (χ0n) is 11.4. The maximum atomic E-state index is 13.1. The van der Waals surface area contributed by atoms with Crippen molar-refractivity contribution in [2.75, 3.05) is 25.0 Å². The number of hydrogen-bond donors (Lipinski definition) is 0. The Hall–Kier alpha value is -0.940. The monoisotopic (exact) mass is 343 g/mol. The second-order valence-corrected chi connectivity index (χ2v) is 5.74. The summed E-state index contributed by atoms with van der Waals surface area (Å²) in [5, 5.41) is 0.839. The van der Waals surface area contributed by atoms with Gasteiger partial charge in [0.05, 0.1) is 19.1 Å². The molecule has 0 aliphatic carbocycles. The highest BCUT2D eigenvalue weighted by Crippen LogP contribution is 2.15. The number of benzene rings is 1. The molecule has 1 aromatic rings. The molecule has 0 N–H and O–H groups in total. The van der Waals surface area contributed by atoms with Crippen LogP contribution in [0.1, 0.15) is 18.4 Å². The molecular formula is C15H19BrFNO2. The van der Waals surface area contributed by atoms with Gasteiger partial charge >= 0.3 is 0 Å². The molecular weight excluding hydrogens is 325 g/mol. The quantitative estimate of drug-likeness (QED) is 0.769. The van der Waals surface area contributed by atoms with Gasteiger partial charge in [-0.25, -0.2) is 4.39 Å². The van der Waals surface area contributed by atoms with Crippen molar-refractivity contribution in [2.45, 2.75) is 25.4 Å². The Balaban J connectivity index is 1.80. The highest BCUT2D eigenvalue weighted by Gasteiger charge is 2.23. The minimum atomic E-state index is -0.294. The van der Waals surface area contributed by atoms with E-state index in [0.29, 0.717) is 6.61 Å². The van der Waals surface area contributed by atoms with Gasteiger partial charge < -0.3 is 9.64 Å². The maximum Gasteiger partial charge on any atom is 0.226 e. The third-order valence-corrected chi connectivity index (χ3v) is 3.79. The molecule has 1 amide bonds. The molecule has 110 valence electrons. The van der Waals surface area contributed by atoms with Crippen molar-refractivity contribution in [1.82, 2.24) is 4.90 Å². The number of carbonyl (C=O) groups is 1. The molecule has 1 fully saturated rings. The molecule has 0 saturated carbocycles. The lowest BCUT2D eigenvalue weighted by Gasteiger charge is -2.32. The largest absolute Gasteiger partial charge is 0.377 e. The fourth-order valence-corrected chi connectivity index (χ4v) is 2.60. The normalized spacial score (nSPS) is 16.4. The summed E-state index contributed by atoms with van der Waals surface area (Å²) in [6.45, 7) is 2.16. The van der Waals surface area contributed by atoms with Gasteiger partial charge in [-0.05, 0) is 30.5 Å². The Labute approximate surface area is 127 Å². The van der Waals surface area contributed by atoms with Crippen molar-refractivity contribution in [1.29, 1.82) is 0 Å². The van der Waals surface area contributed by atoms with E-state index >= 15 is 0 Å². The van der Waals surface area contributed by atoms with Crippen LogP contribution in [0.15, 0.2) is 24.3 Å². The van der Waals surface area contributed by atoms with Crippen molar-refractivity contribution >= 4 is 21.8 Å². The highest BCUT2D eigenvalue weighted by molar-refractivity contribution is 9.09. The van der Waals surface area contributed by atoms with Crippen LogP contribution in [0, 0.1) is 5.82 Å². The van der Waals surface area contributed by atoms with Gasteiger partial charge in [-0.15, -0.1) is 0 Å². The third-order valence-electron chi connectivity index (χ3n) is 3.47. The summed E-state index contributed by atoms with van der Waals surface area (Å²) in [6.07, 6.45) is 2.28. The van der Waals surface area contributed by atoms with Crippen molar-refractivity contribution in [3.8, 4) is 0 Å². The molecule has 0 aromatic heterocycles. The van der Waals surface area contributed by atoms with Gasteiger partial charge in [-0.1, -0.05) is 28.1 Å². The second kappa shape index (κ2) is 7.74. The zero-order valence-corrected chi connectivity index (χ0v) is 12.9. The van der Waals surface area contributed by atoms with Crippen LogP contribution in [0.4, 0.5) is 4.39 Å². The highest BCUT2D eigenvalue weighted by atomic mass is 79.9. The molecule has 1 aliphatic rings. The lowest BCUT2D eigenvalue weighted by molar-refractivity contribution is -0.133. The Morgan fingerprint density at radius 3 is 2.80 bits per heavy atom. The minimum Gasteiger partial charge on any atom is -0.377 e. The molecule has 0 spiro atoms. The second-order valence-electron chi connectivity index (χ2n) is 4.95. The van der Waals surface area contributed by atoms with Crippen molar-refractivity contribution < 1.29 is 13.9 Å². The minimum absolute atomic E-state index is 0.0644. The van der Waals surface area contributed by atoms with E-state index in [-0.39, 0.29) is 24.2 Å². The summed E-state index contributed by atoms with van der Waals surface area (Å²) in [7, 11) is 0. The van der Waals surface area contributed by atoms with Crippen LogP contribution >= 0.6 is 15.9 Å². The Morgan fingerprint density at radius 2 is 2.15 bits per heavy atom. The van der Waals surface area contributed by atoms with E-state index in [0.717, 1.165) is 36.8 Å². The summed E-state index contributed by atoms with van der Waals surface area (Å²) in [5.74, 6) is -0.230. The first-order valence-electron chi connectivity index (χ1n) is 6.89. The topological polar surface area (TPSA) is 29.5 Å². The number of ether oxygens (including phenoxy) is 1. The van der Waals surface area contributed by atoms with Crippen LogP contribution in [0.2, 0.25) is 0 Å². The average Bonchev–Trinajstić information content (AvgIpc) is 2.45. The molecule has 2 rings (SSSR count). The van der Waals surface area contributed by atoms with Gasteiger partial charge in [0.25, 0.3) is 0 Å². The summed E-state index contributed by atoms with van der Waals surface area (Å²) in [5.41, 5.74) is 0.729. The fraction of sp³-hybridized carbons (Fsp3) is 0.533. The first-order chi connectivity index (χ1) is 9.69. The number of carbonyl (C=O) groups excluding carboxylic acids is 1. The lowest BCUT2D eigenvalue weighted by atomic mass is 10.1. The molecule has 0 unspecified atom stereocenters. The number of halogens is 2. The van der Waals surface area contributed by atoms with E-state index in [1.54, 1.807) is 12.1 Å². The first-order valence-corrected chi connectivity index (χ1v) is 8.01. The van der Waals surface area contributed by atoms with Gasteiger partial charge in [0, 0.05) is 18.4 Å². The average molecular weight is 344 g/mol. The fourth-order valence-electron chi connectivity index (χ4n) is 2.42. The van der Waals surface area contributed by atoms with Crippen molar-refractivity contribution in [3.63, 3.8) is 0 Å². The van der Waals surface area contributed by atoms with E-state index in [1.165, 1.54) is 12.1 Å². The number of hydrogen-bond acceptors (Lipinski definition) is 2. The maximum absolute atomic E-state index is 13.1. The first kappa shape index (κ1) is 15.4. The van der Waals surface area contributed by atoms with Crippen LogP contribution in [0.5, 0.6) is 0 Å².